The lowest BCUT2D eigenvalue weighted by Crippen LogP contribution is -2.12. The molecule has 1 heterocycles. The van der Waals surface area contributed by atoms with Crippen LogP contribution >= 0.6 is 11.8 Å². The molecule has 4 heteroatoms. The van der Waals surface area contributed by atoms with E-state index in [1.54, 1.807) is 24.2 Å². The van der Waals surface area contributed by atoms with Crippen LogP contribution < -0.4 is 4.74 Å². The number of nitrogens with zero attached hydrogens (tertiary/aromatic N) is 1. The van der Waals surface area contributed by atoms with Gasteiger partial charge in [0.25, 0.3) is 0 Å². The van der Waals surface area contributed by atoms with Gasteiger partial charge >= 0.3 is 0 Å². The third-order valence-corrected chi connectivity index (χ3v) is 3.28. The van der Waals surface area contributed by atoms with Crippen LogP contribution in [0.3, 0.4) is 0 Å². The normalized spacial score (nSPS) is 14.7. The lowest BCUT2D eigenvalue weighted by atomic mass is 10.0. The second-order valence-electron chi connectivity index (χ2n) is 4.50. The molecule has 0 saturated carbocycles. The fourth-order valence-electron chi connectivity index (χ4n) is 1.62. The summed E-state index contributed by atoms with van der Waals surface area (Å²) in [5.74, 6) is 1.85. The third-order valence-electron chi connectivity index (χ3n) is 2.42. The summed E-state index contributed by atoms with van der Waals surface area (Å²) in [6.07, 6.45) is 5.06. The number of aromatic nitrogens is 1. The van der Waals surface area contributed by atoms with Gasteiger partial charge in [0.05, 0.1) is 18.4 Å². The highest BCUT2D eigenvalue weighted by molar-refractivity contribution is 7.98. The lowest BCUT2D eigenvalue weighted by Gasteiger charge is -2.19. The molecule has 0 aliphatic heterocycles. The van der Waals surface area contributed by atoms with Crippen LogP contribution in [0.4, 0.5) is 0 Å². The summed E-state index contributed by atoms with van der Waals surface area (Å²) in [5.41, 5.74) is 0.824. The third kappa shape index (κ3) is 4.56. The Morgan fingerprint density at radius 3 is 2.65 bits per heavy atom. The Balaban J connectivity index is 2.76. The molecule has 0 radical (unpaired) electrons. The van der Waals surface area contributed by atoms with E-state index in [-0.39, 0.29) is 12.0 Å². The van der Waals surface area contributed by atoms with E-state index in [4.69, 9.17) is 4.74 Å². The maximum Gasteiger partial charge on any atom is 0.138 e. The second-order valence-corrected chi connectivity index (χ2v) is 5.41. The predicted molar refractivity (Wildman–Crippen MR) is 72.5 cm³/mol. The van der Waals surface area contributed by atoms with Crippen molar-refractivity contribution in [3.63, 3.8) is 0 Å². The van der Waals surface area contributed by atoms with Crippen LogP contribution in [0.1, 0.15) is 32.4 Å². The number of hydrogen-bond donors (Lipinski definition) is 1. The fourth-order valence-corrected chi connectivity index (χ4v) is 2.32. The van der Waals surface area contributed by atoms with Gasteiger partial charge in [0.1, 0.15) is 5.75 Å². The van der Waals surface area contributed by atoms with Gasteiger partial charge in [0.15, 0.2) is 0 Å². The Bertz CT molecular complexity index is 344. The van der Waals surface area contributed by atoms with E-state index in [1.165, 1.54) is 0 Å². The molecule has 0 aliphatic carbocycles. The number of rotatable bonds is 6. The smallest absolute Gasteiger partial charge is 0.138 e. The molecule has 2 atom stereocenters. The van der Waals surface area contributed by atoms with Crippen LogP contribution in [-0.4, -0.2) is 28.2 Å². The molecule has 1 rings (SSSR count). The van der Waals surface area contributed by atoms with Crippen molar-refractivity contribution in [2.75, 3.05) is 12.0 Å². The highest BCUT2D eigenvalue weighted by atomic mass is 32.2. The molecule has 96 valence electrons. The van der Waals surface area contributed by atoms with E-state index in [0.29, 0.717) is 5.75 Å². The maximum atomic E-state index is 10.2. The average Bonchev–Trinajstić information content (AvgIpc) is 2.28. The van der Waals surface area contributed by atoms with Gasteiger partial charge in [-0.05, 0) is 37.8 Å². The van der Waals surface area contributed by atoms with Crippen LogP contribution in [0.2, 0.25) is 0 Å². The van der Waals surface area contributed by atoms with Crippen LogP contribution in [0, 0.1) is 5.92 Å². The van der Waals surface area contributed by atoms with Crippen molar-refractivity contribution in [3.8, 4) is 5.75 Å². The molecule has 0 spiro atoms. The zero-order valence-electron chi connectivity index (χ0n) is 10.9. The monoisotopic (exact) mass is 255 g/mol. The molecule has 1 N–H and O–H groups in total. The molecule has 2 unspecified atom stereocenters. The van der Waals surface area contributed by atoms with E-state index >= 15 is 0 Å². The minimum atomic E-state index is -0.481. The van der Waals surface area contributed by atoms with Gasteiger partial charge in [-0.1, -0.05) is 6.92 Å². The molecule has 0 bridgehead atoms. The van der Waals surface area contributed by atoms with Gasteiger partial charge in [0, 0.05) is 11.8 Å². The summed E-state index contributed by atoms with van der Waals surface area (Å²) in [5, 5.41) is 10.2. The molecule has 3 nitrogen and oxygen atoms in total. The zero-order valence-corrected chi connectivity index (χ0v) is 11.7. The highest BCUT2D eigenvalue weighted by Gasteiger charge is 2.17. The van der Waals surface area contributed by atoms with Crippen molar-refractivity contribution in [2.24, 2.45) is 5.92 Å². The Morgan fingerprint density at radius 1 is 1.35 bits per heavy atom. The topological polar surface area (TPSA) is 42.4 Å². The number of pyridine rings is 1. The van der Waals surface area contributed by atoms with Gasteiger partial charge in [-0.3, -0.25) is 4.98 Å². The maximum absolute atomic E-state index is 10.2. The van der Waals surface area contributed by atoms with Gasteiger partial charge in [-0.2, -0.15) is 11.8 Å². The Morgan fingerprint density at radius 2 is 2.06 bits per heavy atom. The van der Waals surface area contributed by atoms with E-state index in [9.17, 15) is 5.11 Å². The summed E-state index contributed by atoms with van der Waals surface area (Å²) in [7, 11) is 0. The van der Waals surface area contributed by atoms with Crippen molar-refractivity contribution in [3.05, 3.63) is 24.0 Å². The van der Waals surface area contributed by atoms with Gasteiger partial charge in [-0.25, -0.2) is 0 Å². The molecule has 1 aromatic rings. The summed E-state index contributed by atoms with van der Waals surface area (Å²) in [6.45, 7) is 5.98. The number of aliphatic hydroxyl groups is 1. The van der Waals surface area contributed by atoms with E-state index in [1.807, 2.05) is 33.1 Å². The first-order valence-electron chi connectivity index (χ1n) is 5.83. The molecule has 1 aromatic heterocycles. The zero-order chi connectivity index (χ0) is 12.8. The molecule has 0 fully saturated rings. The molecule has 0 saturated heterocycles. The molecule has 17 heavy (non-hydrogen) atoms. The van der Waals surface area contributed by atoms with E-state index in [2.05, 4.69) is 4.98 Å². The first-order chi connectivity index (χ1) is 8.04. The van der Waals surface area contributed by atoms with Gasteiger partial charge < -0.3 is 9.84 Å². The number of hydrogen-bond acceptors (Lipinski definition) is 4. The minimum Gasteiger partial charge on any atom is -0.489 e. The number of ether oxygens (including phenoxy) is 1. The standard InChI is InChI=1S/C13H21NO2S/c1-9(2)16-12-5-11(6-14-7-12)13(15)10(3)8-17-4/h5-7,9-10,13,15H,8H2,1-4H3. The summed E-state index contributed by atoms with van der Waals surface area (Å²) < 4.78 is 5.57. The van der Waals surface area contributed by atoms with Crippen molar-refractivity contribution < 1.29 is 9.84 Å². The van der Waals surface area contributed by atoms with Crippen molar-refractivity contribution in [2.45, 2.75) is 33.0 Å². The summed E-state index contributed by atoms with van der Waals surface area (Å²) >= 11 is 1.74. The molecular formula is C13H21NO2S. The summed E-state index contributed by atoms with van der Waals surface area (Å²) in [6, 6.07) is 1.87. The number of aliphatic hydroxyl groups excluding tert-OH is 1. The number of thioether (sulfide) groups is 1. The Kier molecular flexibility index (Phi) is 5.78. The van der Waals surface area contributed by atoms with Gasteiger partial charge in [0.2, 0.25) is 0 Å². The van der Waals surface area contributed by atoms with Crippen molar-refractivity contribution in [1.82, 2.24) is 4.98 Å². The van der Waals surface area contributed by atoms with Crippen LogP contribution in [0.5, 0.6) is 5.75 Å². The quantitative estimate of drug-likeness (QED) is 0.848. The van der Waals surface area contributed by atoms with Gasteiger partial charge in [-0.15, -0.1) is 0 Å². The molecule has 0 amide bonds. The Labute approximate surface area is 108 Å². The minimum absolute atomic E-state index is 0.118. The van der Waals surface area contributed by atoms with E-state index < -0.39 is 6.10 Å². The van der Waals surface area contributed by atoms with Crippen molar-refractivity contribution >= 4 is 11.8 Å². The first-order valence-corrected chi connectivity index (χ1v) is 7.22. The SMILES string of the molecule is CSCC(C)C(O)c1cncc(OC(C)C)c1. The molecular weight excluding hydrogens is 234 g/mol. The van der Waals surface area contributed by atoms with Crippen LogP contribution in [0.15, 0.2) is 18.5 Å². The van der Waals surface area contributed by atoms with E-state index in [0.717, 1.165) is 11.3 Å². The fraction of sp³-hybridized carbons (Fsp3) is 0.615. The molecule has 0 aromatic carbocycles. The van der Waals surface area contributed by atoms with Crippen LogP contribution in [-0.2, 0) is 0 Å². The second kappa shape index (κ2) is 6.87. The molecule has 0 aliphatic rings. The van der Waals surface area contributed by atoms with Crippen LogP contribution in [0.25, 0.3) is 0 Å². The lowest BCUT2D eigenvalue weighted by molar-refractivity contribution is 0.128. The predicted octanol–water partition coefficient (Wildman–Crippen LogP) is 2.90. The Hall–Kier alpha value is -0.740. The van der Waals surface area contributed by atoms with Crippen molar-refractivity contribution in [1.29, 1.82) is 0 Å². The summed E-state index contributed by atoms with van der Waals surface area (Å²) in [4.78, 5) is 4.11. The highest BCUT2D eigenvalue weighted by Crippen LogP contribution is 2.26. The average molecular weight is 255 g/mol. The largest absolute Gasteiger partial charge is 0.489 e. The first kappa shape index (κ1) is 14.3.